The lowest BCUT2D eigenvalue weighted by Crippen LogP contribution is -2.46. The fourth-order valence-electron chi connectivity index (χ4n) is 3.87. The first-order chi connectivity index (χ1) is 15.1. The summed E-state index contributed by atoms with van der Waals surface area (Å²) in [5.74, 6) is -0.770. The molecule has 0 spiro atoms. The number of hydrogen-bond donors (Lipinski definition) is 1. The molecule has 9 heteroatoms. The molecule has 162 valence electrons. The number of hydrogen-bond acceptors (Lipinski definition) is 6. The van der Waals surface area contributed by atoms with Crippen LogP contribution >= 0.6 is 11.5 Å². The smallest absolute Gasteiger partial charge is 0.276 e. The number of furan rings is 1. The number of halogens is 1. The number of amides is 2. The van der Waals surface area contributed by atoms with Crippen LogP contribution in [-0.2, 0) is 11.3 Å². The van der Waals surface area contributed by atoms with Gasteiger partial charge in [0, 0.05) is 18.0 Å². The SMILES string of the molecule is O=C(NC1CCCCC1)C(c1ccco1)N(Cc1ccc(F)cc1)C(=O)c1csnn1. The van der Waals surface area contributed by atoms with Gasteiger partial charge in [0.1, 0.15) is 11.6 Å². The molecule has 0 saturated heterocycles. The van der Waals surface area contributed by atoms with Crippen LogP contribution in [0.1, 0.15) is 60.0 Å². The standard InChI is InChI=1S/C22H23FN4O3S/c23-16-10-8-15(9-11-16)13-27(22(29)18-14-31-26-25-18)20(19-7-4-12-30-19)21(28)24-17-5-2-1-3-6-17/h4,7-12,14,17,20H,1-3,5-6,13H2,(H,24,28). The van der Waals surface area contributed by atoms with Crippen molar-refractivity contribution in [3.8, 4) is 0 Å². The van der Waals surface area contributed by atoms with Crippen molar-refractivity contribution >= 4 is 23.3 Å². The van der Waals surface area contributed by atoms with Gasteiger partial charge in [-0.25, -0.2) is 4.39 Å². The summed E-state index contributed by atoms with van der Waals surface area (Å²) in [6, 6.07) is 8.27. The van der Waals surface area contributed by atoms with Crippen LogP contribution < -0.4 is 5.32 Å². The normalized spacial score (nSPS) is 15.4. The largest absolute Gasteiger partial charge is 0.467 e. The Morgan fingerprint density at radius 2 is 1.97 bits per heavy atom. The van der Waals surface area contributed by atoms with Crippen molar-refractivity contribution in [1.82, 2.24) is 19.8 Å². The van der Waals surface area contributed by atoms with E-state index in [0.29, 0.717) is 11.3 Å². The van der Waals surface area contributed by atoms with Crippen LogP contribution in [0.4, 0.5) is 4.39 Å². The molecule has 1 atom stereocenters. The fraction of sp³-hybridized carbons (Fsp3) is 0.364. The highest BCUT2D eigenvalue weighted by Gasteiger charge is 2.36. The molecule has 1 saturated carbocycles. The van der Waals surface area contributed by atoms with Crippen molar-refractivity contribution in [1.29, 1.82) is 0 Å². The summed E-state index contributed by atoms with van der Waals surface area (Å²) in [4.78, 5) is 28.2. The molecule has 7 nitrogen and oxygen atoms in total. The second kappa shape index (κ2) is 9.82. The summed E-state index contributed by atoms with van der Waals surface area (Å²) >= 11 is 1.06. The van der Waals surface area contributed by atoms with E-state index >= 15 is 0 Å². The highest BCUT2D eigenvalue weighted by atomic mass is 32.1. The van der Waals surface area contributed by atoms with Crippen molar-refractivity contribution in [3.05, 3.63) is 70.9 Å². The van der Waals surface area contributed by atoms with Gasteiger partial charge in [-0.2, -0.15) is 0 Å². The second-order valence-corrected chi connectivity index (χ2v) is 8.22. The first kappa shape index (κ1) is 21.2. The highest BCUT2D eigenvalue weighted by Crippen LogP contribution is 2.27. The molecule has 31 heavy (non-hydrogen) atoms. The van der Waals surface area contributed by atoms with E-state index in [9.17, 15) is 14.0 Å². The summed E-state index contributed by atoms with van der Waals surface area (Å²) in [6.07, 6.45) is 6.61. The van der Waals surface area contributed by atoms with Crippen LogP contribution in [-0.4, -0.2) is 32.3 Å². The molecule has 0 radical (unpaired) electrons. The summed E-state index contributed by atoms with van der Waals surface area (Å²) < 4.78 is 22.7. The molecule has 1 N–H and O–H groups in total. The molecule has 1 unspecified atom stereocenters. The fourth-order valence-corrected chi connectivity index (χ4v) is 4.30. The number of carbonyl (C=O) groups excluding carboxylic acids is 2. The lowest BCUT2D eigenvalue weighted by Gasteiger charge is -2.31. The van der Waals surface area contributed by atoms with Crippen molar-refractivity contribution in [2.45, 2.75) is 50.7 Å². The Bertz CT molecular complexity index is 986. The predicted octanol–water partition coefficient (Wildman–Crippen LogP) is 4.10. The molecule has 1 fully saturated rings. The molecular weight excluding hydrogens is 419 g/mol. The van der Waals surface area contributed by atoms with Crippen molar-refractivity contribution in [3.63, 3.8) is 0 Å². The van der Waals surface area contributed by atoms with Crippen LogP contribution in [0.15, 0.2) is 52.5 Å². The Labute approximate surface area is 183 Å². The predicted molar refractivity (Wildman–Crippen MR) is 113 cm³/mol. The van der Waals surface area contributed by atoms with E-state index in [-0.39, 0.29) is 30.0 Å². The van der Waals surface area contributed by atoms with Crippen molar-refractivity contribution in [2.75, 3.05) is 0 Å². The quantitative estimate of drug-likeness (QED) is 0.595. The number of benzene rings is 1. The van der Waals surface area contributed by atoms with Crippen LogP contribution in [0.2, 0.25) is 0 Å². The summed E-state index contributed by atoms with van der Waals surface area (Å²) in [6.45, 7) is 0.0834. The van der Waals surface area contributed by atoms with Crippen molar-refractivity contribution in [2.24, 2.45) is 0 Å². The van der Waals surface area contributed by atoms with Gasteiger partial charge in [0.25, 0.3) is 11.8 Å². The Hall–Kier alpha value is -3.07. The summed E-state index contributed by atoms with van der Waals surface area (Å²) in [5.41, 5.74) is 0.828. The van der Waals surface area contributed by atoms with Crippen LogP contribution in [0, 0.1) is 5.82 Å². The first-order valence-corrected chi connectivity index (χ1v) is 11.1. The minimum Gasteiger partial charge on any atom is -0.467 e. The van der Waals surface area contributed by atoms with Gasteiger partial charge in [-0.15, -0.1) is 5.10 Å². The van der Waals surface area contributed by atoms with Crippen LogP contribution in [0.3, 0.4) is 0 Å². The molecule has 1 aromatic carbocycles. The maximum atomic E-state index is 13.4. The average Bonchev–Trinajstić information content (AvgIpc) is 3.50. The monoisotopic (exact) mass is 442 g/mol. The molecule has 2 amide bonds. The number of nitrogens with zero attached hydrogens (tertiary/aromatic N) is 3. The van der Waals surface area contributed by atoms with E-state index in [1.54, 1.807) is 24.3 Å². The van der Waals surface area contributed by atoms with Crippen LogP contribution in [0.5, 0.6) is 0 Å². The van der Waals surface area contributed by atoms with Gasteiger partial charge in [-0.3, -0.25) is 9.59 Å². The number of aromatic nitrogens is 2. The Morgan fingerprint density at radius 1 is 1.19 bits per heavy atom. The zero-order chi connectivity index (χ0) is 21.6. The highest BCUT2D eigenvalue weighted by molar-refractivity contribution is 7.03. The van der Waals surface area contributed by atoms with Gasteiger partial charge in [0.05, 0.1) is 6.26 Å². The van der Waals surface area contributed by atoms with E-state index in [2.05, 4.69) is 14.9 Å². The Morgan fingerprint density at radius 3 is 2.61 bits per heavy atom. The van der Waals surface area contributed by atoms with Crippen molar-refractivity contribution < 1.29 is 18.4 Å². The van der Waals surface area contributed by atoms with E-state index < -0.39 is 11.9 Å². The van der Waals surface area contributed by atoms with E-state index in [0.717, 1.165) is 37.2 Å². The molecular formula is C22H23FN4O3S. The second-order valence-electron chi connectivity index (χ2n) is 7.61. The lowest BCUT2D eigenvalue weighted by atomic mass is 9.95. The molecule has 2 heterocycles. The van der Waals surface area contributed by atoms with Gasteiger partial charge < -0.3 is 14.6 Å². The Kier molecular flexibility index (Phi) is 6.71. The zero-order valence-corrected chi connectivity index (χ0v) is 17.7. The lowest BCUT2D eigenvalue weighted by molar-refractivity contribution is -0.127. The van der Waals surface area contributed by atoms with Crippen LogP contribution in [0.25, 0.3) is 0 Å². The van der Waals surface area contributed by atoms with Gasteiger partial charge in [-0.05, 0) is 54.2 Å². The third-order valence-corrected chi connectivity index (χ3v) is 5.94. The maximum Gasteiger partial charge on any atom is 0.276 e. The molecule has 2 aromatic heterocycles. The molecule has 4 rings (SSSR count). The number of rotatable bonds is 7. The molecule has 0 aliphatic heterocycles. The van der Waals surface area contributed by atoms with Gasteiger partial charge >= 0.3 is 0 Å². The molecule has 0 bridgehead atoms. The summed E-state index contributed by atoms with van der Waals surface area (Å²) in [7, 11) is 0. The van der Waals surface area contributed by atoms with Gasteiger partial charge in [-0.1, -0.05) is 35.9 Å². The first-order valence-electron chi connectivity index (χ1n) is 10.3. The zero-order valence-electron chi connectivity index (χ0n) is 16.9. The maximum absolute atomic E-state index is 13.4. The number of nitrogens with one attached hydrogen (secondary N) is 1. The third-order valence-electron chi connectivity index (χ3n) is 5.43. The van der Waals surface area contributed by atoms with Gasteiger partial charge in [0.2, 0.25) is 0 Å². The van der Waals surface area contributed by atoms with E-state index in [4.69, 9.17) is 4.42 Å². The minimum atomic E-state index is -0.990. The summed E-state index contributed by atoms with van der Waals surface area (Å²) in [5, 5.41) is 8.52. The molecule has 3 aromatic rings. The minimum absolute atomic E-state index is 0.0717. The van der Waals surface area contributed by atoms with E-state index in [1.807, 2.05) is 0 Å². The average molecular weight is 443 g/mol. The molecule has 1 aliphatic rings. The van der Waals surface area contributed by atoms with E-state index in [1.165, 1.54) is 35.1 Å². The Balaban J connectivity index is 1.67. The topological polar surface area (TPSA) is 88.3 Å². The number of carbonyl (C=O) groups is 2. The molecule has 1 aliphatic carbocycles. The van der Waals surface area contributed by atoms with Gasteiger partial charge in [0.15, 0.2) is 11.7 Å². The third kappa shape index (κ3) is 5.16.